The van der Waals surface area contributed by atoms with Gasteiger partial charge in [-0.3, -0.25) is 9.78 Å². The van der Waals surface area contributed by atoms with Gasteiger partial charge in [-0.05, 0) is 43.2 Å². The lowest BCUT2D eigenvalue weighted by Gasteiger charge is -2.33. The van der Waals surface area contributed by atoms with Crippen molar-refractivity contribution < 1.29 is 9.18 Å². The lowest BCUT2D eigenvalue weighted by Crippen LogP contribution is -2.33. The number of anilines is 2. The molecule has 0 spiro atoms. The lowest BCUT2D eigenvalue weighted by atomic mass is 9.94. The van der Waals surface area contributed by atoms with Crippen LogP contribution in [0.3, 0.4) is 0 Å². The van der Waals surface area contributed by atoms with Crippen LogP contribution in [-0.4, -0.2) is 29.0 Å². The summed E-state index contributed by atoms with van der Waals surface area (Å²) in [5, 5.41) is 5.47. The molecule has 2 aromatic heterocycles. The minimum absolute atomic E-state index is 0.141. The highest BCUT2D eigenvalue weighted by Crippen LogP contribution is 2.29. The number of amides is 1. The summed E-state index contributed by atoms with van der Waals surface area (Å²) in [7, 11) is 1.95. The highest BCUT2D eigenvalue weighted by molar-refractivity contribution is 7.13. The SMILES string of the molecule is CN(c1ccc(NC(=O)Cc2csc(-c3cccnc3)n2)cc1F)C1CCCCC1. The topological polar surface area (TPSA) is 58.1 Å². The zero-order valence-electron chi connectivity index (χ0n) is 17.0. The Kier molecular flexibility index (Phi) is 6.38. The fourth-order valence-corrected chi connectivity index (χ4v) is 4.73. The molecule has 0 bridgehead atoms. The highest BCUT2D eigenvalue weighted by Gasteiger charge is 2.21. The van der Waals surface area contributed by atoms with Crippen LogP contribution in [0.1, 0.15) is 37.8 Å². The summed E-state index contributed by atoms with van der Waals surface area (Å²) in [6.45, 7) is 0. The number of nitrogens with one attached hydrogen (secondary N) is 1. The van der Waals surface area contributed by atoms with Crippen molar-refractivity contribution in [2.45, 2.75) is 44.6 Å². The number of hydrogen-bond donors (Lipinski definition) is 1. The van der Waals surface area contributed by atoms with Crippen LogP contribution in [0.25, 0.3) is 10.6 Å². The maximum absolute atomic E-state index is 14.7. The van der Waals surface area contributed by atoms with E-state index < -0.39 is 0 Å². The molecule has 1 aliphatic rings. The monoisotopic (exact) mass is 424 g/mol. The summed E-state index contributed by atoms with van der Waals surface area (Å²) < 4.78 is 14.7. The molecule has 0 unspecified atom stereocenters. The van der Waals surface area contributed by atoms with Crippen molar-refractivity contribution in [2.75, 3.05) is 17.3 Å². The molecular formula is C23H25FN4OS. The number of aromatic nitrogens is 2. The van der Waals surface area contributed by atoms with Crippen LogP contribution < -0.4 is 10.2 Å². The number of benzene rings is 1. The van der Waals surface area contributed by atoms with Gasteiger partial charge < -0.3 is 10.2 Å². The first-order valence-electron chi connectivity index (χ1n) is 10.3. The van der Waals surface area contributed by atoms with E-state index in [1.165, 1.54) is 36.7 Å². The van der Waals surface area contributed by atoms with Crippen LogP contribution in [0.15, 0.2) is 48.1 Å². The Morgan fingerprint density at radius 2 is 2.10 bits per heavy atom. The molecule has 4 rings (SSSR count). The molecule has 7 heteroatoms. The van der Waals surface area contributed by atoms with Gasteiger partial charge in [-0.25, -0.2) is 9.37 Å². The fraction of sp³-hybridized carbons (Fsp3) is 0.348. The fourth-order valence-electron chi connectivity index (χ4n) is 3.92. The minimum Gasteiger partial charge on any atom is -0.369 e. The molecule has 3 aromatic rings. The average Bonchev–Trinajstić information content (AvgIpc) is 3.23. The standard InChI is InChI=1S/C23H25FN4OS/c1-28(19-7-3-2-4-8-19)21-10-9-17(12-20(21)24)26-22(29)13-18-15-30-23(27-18)16-6-5-11-25-14-16/h5-6,9-12,14-15,19H,2-4,7-8,13H2,1H3,(H,26,29). The van der Waals surface area contributed by atoms with Crippen molar-refractivity contribution in [3.05, 3.63) is 59.6 Å². The maximum atomic E-state index is 14.7. The van der Waals surface area contributed by atoms with Crippen LogP contribution in [-0.2, 0) is 11.2 Å². The predicted molar refractivity (Wildman–Crippen MR) is 119 cm³/mol. The quantitative estimate of drug-likeness (QED) is 0.584. The second kappa shape index (κ2) is 9.34. The van der Waals surface area contributed by atoms with E-state index in [1.807, 2.05) is 29.5 Å². The smallest absolute Gasteiger partial charge is 0.230 e. The molecule has 1 saturated carbocycles. The van der Waals surface area contributed by atoms with Crippen molar-refractivity contribution in [2.24, 2.45) is 0 Å². The van der Waals surface area contributed by atoms with Crippen LogP contribution in [0.4, 0.5) is 15.8 Å². The maximum Gasteiger partial charge on any atom is 0.230 e. The van der Waals surface area contributed by atoms with Gasteiger partial charge in [-0.1, -0.05) is 19.3 Å². The summed E-state index contributed by atoms with van der Waals surface area (Å²) >= 11 is 1.48. The van der Waals surface area contributed by atoms with E-state index in [0.29, 0.717) is 23.1 Å². The molecule has 1 amide bonds. The number of halogens is 1. The Morgan fingerprint density at radius 3 is 2.83 bits per heavy atom. The second-order valence-electron chi connectivity index (χ2n) is 7.68. The average molecular weight is 425 g/mol. The third kappa shape index (κ3) is 4.84. The Hall–Kier alpha value is -2.80. The summed E-state index contributed by atoms with van der Waals surface area (Å²) in [5.74, 6) is -0.529. The third-order valence-corrected chi connectivity index (χ3v) is 6.48. The van der Waals surface area contributed by atoms with E-state index in [4.69, 9.17) is 0 Å². The number of thiazole rings is 1. The molecule has 1 aliphatic carbocycles. The zero-order chi connectivity index (χ0) is 20.9. The summed E-state index contributed by atoms with van der Waals surface area (Å²) in [6, 6.07) is 9.08. The summed E-state index contributed by atoms with van der Waals surface area (Å²) in [5.41, 5.74) is 2.65. The van der Waals surface area contributed by atoms with E-state index in [9.17, 15) is 9.18 Å². The Bertz CT molecular complexity index is 1000. The first-order valence-corrected chi connectivity index (χ1v) is 11.1. The first-order chi connectivity index (χ1) is 14.6. The highest BCUT2D eigenvalue weighted by atomic mass is 32.1. The lowest BCUT2D eigenvalue weighted by molar-refractivity contribution is -0.115. The van der Waals surface area contributed by atoms with Gasteiger partial charge in [0, 0.05) is 42.1 Å². The molecule has 2 heterocycles. The third-order valence-electron chi connectivity index (χ3n) is 5.54. The Labute approximate surface area is 180 Å². The summed E-state index contributed by atoms with van der Waals surface area (Å²) in [4.78, 5) is 23.0. The molecule has 0 radical (unpaired) electrons. The zero-order valence-corrected chi connectivity index (χ0v) is 17.8. The Balaban J connectivity index is 1.38. The normalized spacial score (nSPS) is 14.5. The van der Waals surface area contributed by atoms with Crippen molar-refractivity contribution in [1.29, 1.82) is 0 Å². The van der Waals surface area contributed by atoms with E-state index in [0.717, 1.165) is 23.4 Å². The van der Waals surface area contributed by atoms with Gasteiger partial charge in [-0.15, -0.1) is 11.3 Å². The number of nitrogens with zero attached hydrogens (tertiary/aromatic N) is 3. The predicted octanol–water partition coefficient (Wildman–Crippen LogP) is 5.29. The van der Waals surface area contributed by atoms with Crippen LogP contribution in [0.2, 0.25) is 0 Å². The molecule has 0 saturated heterocycles. The molecule has 0 aliphatic heterocycles. The van der Waals surface area contributed by atoms with Crippen LogP contribution in [0, 0.1) is 5.82 Å². The van der Waals surface area contributed by atoms with E-state index in [2.05, 4.69) is 15.3 Å². The minimum atomic E-state index is -0.312. The number of rotatable bonds is 6. The largest absolute Gasteiger partial charge is 0.369 e. The van der Waals surface area contributed by atoms with Crippen molar-refractivity contribution >= 4 is 28.6 Å². The van der Waals surface area contributed by atoms with Crippen molar-refractivity contribution in [1.82, 2.24) is 9.97 Å². The number of pyridine rings is 1. The van der Waals surface area contributed by atoms with E-state index in [-0.39, 0.29) is 18.1 Å². The Morgan fingerprint density at radius 1 is 1.27 bits per heavy atom. The van der Waals surface area contributed by atoms with Gasteiger partial charge in [0.25, 0.3) is 0 Å². The van der Waals surface area contributed by atoms with Gasteiger partial charge in [0.15, 0.2) is 0 Å². The van der Waals surface area contributed by atoms with Gasteiger partial charge >= 0.3 is 0 Å². The van der Waals surface area contributed by atoms with Crippen molar-refractivity contribution in [3.8, 4) is 10.6 Å². The van der Waals surface area contributed by atoms with E-state index in [1.54, 1.807) is 24.5 Å². The van der Waals surface area contributed by atoms with Gasteiger partial charge in [0.2, 0.25) is 5.91 Å². The van der Waals surface area contributed by atoms with Crippen LogP contribution >= 0.6 is 11.3 Å². The molecule has 5 nitrogen and oxygen atoms in total. The van der Waals surface area contributed by atoms with Crippen molar-refractivity contribution in [3.63, 3.8) is 0 Å². The van der Waals surface area contributed by atoms with Gasteiger partial charge in [-0.2, -0.15) is 0 Å². The molecular weight excluding hydrogens is 399 g/mol. The molecule has 1 aromatic carbocycles. The number of carbonyl (C=O) groups is 1. The van der Waals surface area contributed by atoms with Gasteiger partial charge in [0.1, 0.15) is 10.8 Å². The molecule has 1 fully saturated rings. The number of carbonyl (C=O) groups excluding carboxylic acids is 1. The first kappa shape index (κ1) is 20.5. The van der Waals surface area contributed by atoms with E-state index >= 15 is 0 Å². The van der Waals surface area contributed by atoms with Gasteiger partial charge in [0.05, 0.1) is 17.8 Å². The molecule has 0 atom stereocenters. The molecule has 156 valence electrons. The molecule has 1 N–H and O–H groups in total. The molecule has 30 heavy (non-hydrogen) atoms. The summed E-state index contributed by atoms with van der Waals surface area (Å²) in [6.07, 6.45) is 9.46. The van der Waals surface area contributed by atoms with Crippen LogP contribution in [0.5, 0.6) is 0 Å². The number of hydrogen-bond acceptors (Lipinski definition) is 5. The second-order valence-corrected chi connectivity index (χ2v) is 8.54.